The third kappa shape index (κ3) is 5.37. The number of rotatable bonds is 6. The van der Waals surface area contributed by atoms with Gasteiger partial charge in [-0.25, -0.2) is 0 Å². The zero-order chi connectivity index (χ0) is 16.8. The smallest absolute Gasteiger partial charge is 0.231 e. The van der Waals surface area contributed by atoms with Gasteiger partial charge in [-0.15, -0.1) is 24.0 Å². The van der Waals surface area contributed by atoms with Gasteiger partial charge >= 0.3 is 0 Å². The second-order valence-electron chi connectivity index (χ2n) is 6.23. The summed E-state index contributed by atoms with van der Waals surface area (Å²) < 4.78 is 16.1. The van der Waals surface area contributed by atoms with E-state index in [4.69, 9.17) is 19.2 Å². The van der Waals surface area contributed by atoms with Gasteiger partial charge in [0.05, 0.1) is 6.61 Å². The fourth-order valence-corrected chi connectivity index (χ4v) is 3.21. The van der Waals surface area contributed by atoms with E-state index in [2.05, 4.69) is 29.3 Å². The van der Waals surface area contributed by atoms with Crippen LogP contribution in [0, 0.1) is 5.92 Å². The van der Waals surface area contributed by atoms with Crippen LogP contribution >= 0.6 is 24.0 Å². The molecule has 25 heavy (non-hydrogen) atoms. The highest BCUT2D eigenvalue weighted by atomic mass is 127. The van der Waals surface area contributed by atoms with Crippen molar-refractivity contribution in [2.75, 3.05) is 46.7 Å². The van der Waals surface area contributed by atoms with Gasteiger partial charge in [0.15, 0.2) is 17.5 Å². The molecule has 2 heterocycles. The van der Waals surface area contributed by atoms with Crippen molar-refractivity contribution in [2.45, 2.75) is 19.8 Å². The Labute approximate surface area is 166 Å². The molecule has 7 heteroatoms. The number of ether oxygens (including phenoxy) is 3. The van der Waals surface area contributed by atoms with Gasteiger partial charge in [0.1, 0.15) is 0 Å². The summed E-state index contributed by atoms with van der Waals surface area (Å²) in [6, 6.07) is 6.11. The number of hydrogen-bond donors (Lipinski definition) is 1. The molecule has 0 aliphatic carbocycles. The van der Waals surface area contributed by atoms with Crippen LogP contribution in [-0.4, -0.2) is 57.5 Å². The number of nitrogens with zero attached hydrogens (tertiary/aromatic N) is 2. The molecule has 1 N–H and O–H groups in total. The Hall–Kier alpha value is -1.22. The summed E-state index contributed by atoms with van der Waals surface area (Å²) >= 11 is 0. The highest BCUT2D eigenvalue weighted by Gasteiger charge is 2.24. The molecular weight excluding hydrogens is 433 g/mol. The number of nitrogens with one attached hydrogen (secondary N) is 1. The van der Waals surface area contributed by atoms with Gasteiger partial charge in [-0.2, -0.15) is 0 Å². The summed E-state index contributed by atoms with van der Waals surface area (Å²) in [5, 5.41) is 3.41. The van der Waals surface area contributed by atoms with Crippen LogP contribution in [0.4, 0.5) is 0 Å². The SMILES string of the molecule is CCNC(=NCCc1ccc2c(c1)OCO2)N1CCC(COC)C1.I. The van der Waals surface area contributed by atoms with Crippen LogP contribution in [0.2, 0.25) is 0 Å². The maximum absolute atomic E-state index is 5.43. The van der Waals surface area contributed by atoms with E-state index < -0.39 is 0 Å². The maximum Gasteiger partial charge on any atom is 0.231 e. The highest BCUT2D eigenvalue weighted by molar-refractivity contribution is 14.0. The van der Waals surface area contributed by atoms with Crippen LogP contribution in [0.3, 0.4) is 0 Å². The second-order valence-corrected chi connectivity index (χ2v) is 6.23. The van der Waals surface area contributed by atoms with E-state index in [1.165, 1.54) is 12.0 Å². The topological polar surface area (TPSA) is 55.3 Å². The molecule has 2 aliphatic heterocycles. The van der Waals surface area contributed by atoms with Crippen LogP contribution in [0.15, 0.2) is 23.2 Å². The van der Waals surface area contributed by atoms with E-state index >= 15 is 0 Å². The van der Waals surface area contributed by atoms with Crippen LogP contribution < -0.4 is 14.8 Å². The molecule has 1 fully saturated rings. The minimum atomic E-state index is 0. The van der Waals surface area contributed by atoms with E-state index in [9.17, 15) is 0 Å². The van der Waals surface area contributed by atoms with E-state index in [0.717, 1.165) is 56.7 Å². The van der Waals surface area contributed by atoms with Crippen molar-refractivity contribution in [1.29, 1.82) is 0 Å². The van der Waals surface area contributed by atoms with Gasteiger partial charge in [0, 0.05) is 39.2 Å². The number of fused-ring (bicyclic) bond motifs is 1. The highest BCUT2D eigenvalue weighted by Crippen LogP contribution is 2.32. The second kappa shape index (κ2) is 10.1. The zero-order valence-corrected chi connectivity index (χ0v) is 17.3. The average Bonchev–Trinajstić information content (AvgIpc) is 3.23. The monoisotopic (exact) mass is 461 g/mol. The molecule has 0 saturated carbocycles. The summed E-state index contributed by atoms with van der Waals surface area (Å²) in [4.78, 5) is 7.14. The van der Waals surface area contributed by atoms with E-state index in [1.807, 2.05) is 6.07 Å². The molecule has 1 atom stereocenters. The van der Waals surface area contributed by atoms with Crippen LogP contribution in [0.1, 0.15) is 18.9 Å². The number of likely N-dealkylation sites (tertiary alicyclic amines) is 1. The first kappa shape index (κ1) is 20.1. The maximum atomic E-state index is 5.43. The third-order valence-corrected chi connectivity index (χ3v) is 4.42. The Balaban J connectivity index is 0.00000225. The molecule has 2 aliphatic rings. The summed E-state index contributed by atoms with van der Waals surface area (Å²) in [5.41, 5.74) is 1.22. The van der Waals surface area contributed by atoms with Crippen molar-refractivity contribution in [2.24, 2.45) is 10.9 Å². The summed E-state index contributed by atoms with van der Waals surface area (Å²) in [5.74, 6) is 3.28. The number of methoxy groups -OCH3 is 1. The number of guanidine groups is 1. The van der Waals surface area contributed by atoms with Gasteiger partial charge in [-0.05, 0) is 37.5 Å². The summed E-state index contributed by atoms with van der Waals surface area (Å²) in [7, 11) is 1.77. The fraction of sp³-hybridized carbons (Fsp3) is 0.611. The molecule has 0 spiro atoms. The van der Waals surface area contributed by atoms with Crippen molar-refractivity contribution in [3.8, 4) is 11.5 Å². The molecular formula is C18H28IN3O3. The number of benzene rings is 1. The molecule has 140 valence electrons. The average molecular weight is 461 g/mol. The Kier molecular flexibility index (Phi) is 8.08. The first-order chi connectivity index (χ1) is 11.8. The molecule has 1 aromatic rings. The van der Waals surface area contributed by atoms with Gasteiger partial charge < -0.3 is 24.4 Å². The normalized spacial score (nSPS) is 19.0. The molecule has 6 nitrogen and oxygen atoms in total. The Morgan fingerprint density at radius 1 is 1.36 bits per heavy atom. The first-order valence-electron chi connectivity index (χ1n) is 8.71. The molecule has 0 aromatic heterocycles. The van der Waals surface area contributed by atoms with Crippen molar-refractivity contribution in [1.82, 2.24) is 10.2 Å². The predicted molar refractivity (Wildman–Crippen MR) is 109 cm³/mol. The van der Waals surface area contributed by atoms with Gasteiger partial charge in [0.25, 0.3) is 0 Å². The minimum Gasteiger partial charge on any atom is -0.454 e. The van der Waals surface area contributed by atoms with E-state index in [0.29, 0.717) is 12.7 Å². The Morgan fingerprint density at radius 2 is 2.20 bits per heavy atom. The summed E-state index contributed by atoms with van der Waals surface area (Å²) in [6.07, 6.45) is 2.06. The van der Waals surface area contributed by atoms with Gasteiger partial charge in [-0.3, -0.25) is 4.99 Å². The van der Waals surface area contributed by atoms with Crippen molar-refractivity contribution >= 4 is 29.9 Å². The predicted octanol–water partition coefficient (Wildman–Crippen LogP) is 2.51. The van der Waals surface area contributed by atoms with Crippen molar-refractivity contribution in [3.63, 3.8) is 0 Å². The Morgan fingerprint density at radius 3 is 3.00 bits per heavy atom. The number of aliphatic imine (C=N–C) groups is 1. The number of hydrogen-bond acceptors (Lipinski definition) is 4. The minimum absolute atomic E-state index is 0. The van der Waals surface area contributed by atoms with Crippen LogP contribution in [0.25, 0.3) is 0 Å². The van der Waals surface area contributed by atoms with Gasteiger partial charge in [0.2, 0.25) is 6.79 Å². The quantitative estimate of drug-likeness (QED) is 0.401. The lowest BCUT2D eigenvalue weighted by Crippen LogP contribution is -2.40. The lowest BCUT2D eigenvalue weighted by atomic mass is 10.1. The van der Waals surface area contributed by atoms with Crippen LogP contribution in [-0.2, 0) is 11.2 Å². The molecule has 1 unspecified atom stereocenters. The number of halogens is 1. The lowest BCUT2D eigenvalue weighted by molar-refractivity contribution is 0.157. The molecule has 0 bridgehead atoms. The molecule has 0 radical (unpaired) electrons. The fourth-order valence-electron chi connectivity index (χ4n) is 3.21. The summed E-state index contributed by atoms with van der Waals surface area (Å²) in [6.45, 7) is 6.96. The van der Waals surface area contributed by atoms with E-state index in [1.54, 1.807) is 7.11 Å². The van der Waals surface area contributed by atoms with Crippen molar-refractivity contribution in [3.05, 3.63) is 23.8 Å². The molecule has 0 amide bonds. The first-order valence-corrected chi connectivity index (χ1v) is 8.71. The molecule has 1 aromatic carbocycles. The third-order valence-electron chi connectivity index (χ3n) is 4.42. The lowest BCUT2D eigenvalue weighted by Gasteiger charge is -2.21. The van der Waals surface area contributed by atoms with Crippen LogP contribution in [0.5, 0.6) is 11.5 Å². The standard InChI is InChI=1S/C18H27N3O3.HI/c1-3-19-18(21-9-7-15(11-21)12-22-2)20-8-6-14-4-5-16-17(10-14)24-13-23-16;/h4-5,10,15H,3,6-9,11-13H2,1-2H3,(H,19,20);1H. The van der Waals surface area contributed by atoms with Gasteiger partial charge in [-0.1, -0.05) is 6.07 Å². The Bertz CT molecular complexity index is 583. The molecule has 3 rings (SSSR count). The zero-order valence-electron chi connectivity index (χ0n) is 15.0. The van der Waals surface area contributed by atoms with Crippen molar-refractivity contribution < 1.29 is 14.2 Å². The van der Waals surface area contributed by atoms with E-state index in [-0.39, 0.29) is 24.0 Å². The molecule has 1 saturated heterocycles. The largest absolute Gasteiger partial charge is 0.454 e.